The van der Waals surface area contributed by atoms with Crippen molar-refractivity contribution in [1.29, 1.82) is 0 Å². The fraction of sp³-hybridized carbons (Fsp3) is 0.400. The van der Waals surface area contributed by atoms with Crippen molar-refractivity contribution in [2.45, 2.75) is 25.7 Å². The molecular weight excluding hydrogens is 178 g/mol. The van der Waals surface area contributed by atoms with E-state index in [1.165, 1.54) is 18.4 Å². The highest BCUT2D eigenvalue weighted by atomic mass is 16.4. The third kappa shape index (κ3) is 1.55. The average molecular weight is 191 g/mol. The van der Waals surface area contributed by atoms with Gasteiger partial charge in [0.2, 0.25) is 0 Å². The molecule has 0 saturated heterocycles. The number of nitrogens with zero attached hydrogens (tertiary/aromatic N) is 2. The second-order valence-electron chi connectivity index (χ2n) is 3.49. The fourth-order valence-corrected chi connectivity index (χ4v) is 1.78. The molecule has 2 rings (SSSR count). The molecule has 0 radical (unpaired) electrons. The number of aromatic nitrogens is 1. The lowest BCUT2D eigenvalue weighted by atomic mass is 9.96. The van der Waals surface area contributed by atoms with Crippen LogP contribution in [0.25, 0.3) is 0 Å². The van der Waals surface area contributed by atoms with Crippen LogP contribution in [0.1, 0.15) is 29.8 Å². The zero-order chi connectivity index (χ0) is 9.97. The van der Waals surface area contributed by atoms with E-state index in [0.717, 1.165) is 18.5 Å². The molecule has 0 bridgehead atoms. The minimum absolute atomic E-state index is 0.0818. The topological polar surface area (TPSA) is 71.5 Å². The van der Waals surface area contributed by atoms with Crippen LogP contribution >= 0.6 is 0 Å². The number of aryl methyl sites for hydroxylation is 2. The van der Waals surface area contributed by atoms with E-state index in [-0.39, 0.29) is 5.84 Å². The van der Waals surface area contributed by atoms with E-state index in [4.69, 9.17) is 10.9 Å². The predicted molar refractivity (Wildman–Crippen MR) is 53.4 cm³/mol. The number of nitrogens with two attached hydrogens (primary N) is 1. The van der Waals surface area contributed by atoms with Gasteiger partial charge in [-0.3, -0.25) is 0 Å². The molecule has 1 aromatic heterocycles. The standard InChI is InChI=1S/C10H13N3O/c11-10(13-14)9-6-5-7-3-1-2-4-8(7)12-9/h5-6,14H,1-4H2,(H2,11,13). The van der Waals surface area contributed by atoms with Gasteiger partial charge < -0.3 is 10.9 Å². The lowest BCUT2D eigenvalue weighted by molar-refractivity contribution is 0.318. The van der Waals surface area contributed by atoms with Crippen molar-refractivity contribution in [2.75, 3.05) is 0 Å². The molecule has 1 heterocycles. The number of rotatable bonds is 1. The van der Waals surface area contributed by atoms with E-state index >= 15 is 0 Å². The Kier molecular flexibility index (Phi) is 2.35. The van der Waals surface area contributed by atoms with Crippen LogP contribution in [0.3, 0.4) is 0 Å². The third-order valence-corrected chi connectivity index (χ3v) is 2.55. The molecule has 1 aliphatic rings. The molecule has 4 nitrogen and oxygen atoms in total. The Labute approximate surface area is 82.5 Å². The van der Waals surface area contributed by atoms with Gasteiger partial charge in [-0.15, -0.1) is 0 Å². The molecule has 0 spiro atoms. The lowest BCUT2D eigenvalue weighted by Crippen LogP contribution is -2.17. The molecule has 0 unspecified atom stereocenters. The minimum atomic E-state index is 0.0818. The van der Waals surface area contributed by atoms with Crippen molar-refractivity contribution in [3.63, 3.8) is 0 Å². The molecule has 0 aromatic carbocycles. The van der Waals surface area contributed by atoms with Crippen LogP contribution in [0.4, 0.5) is 0 Å². The van der Waals surface area contributed by atoms with Crippen molar-refractivity contribution >= 4 is 5.84 Å². The molecule has 0 fully saturated rings. The van der Waals surface area contributed by atoms with Gasteiger partial charge >= 0.3 is 0 Å². The van der Waals surface area contributed by atoms with Gasteiger partial charge in [-0.05, 0) is 37.3 Å². The zero-order valence-corrected chi connectivity index (χ0v) is 7.90. The summed E-state index contributed by atoms with van der Waals surface area (Å²) in [7, 11) is 0. The van der Waals surface area contributed by atoms with Crippen molar-refractivity contribution in [3.05, 3.63) is 29.1 Å². The van der Waals surface area contributed by atoms with Crippen molar-refractivity contribution in [2.24, 2.45) is 10.9 Å². The number of oxime groups is 1. The molecule has 1 aliphatic carbocycles. The van der Waals surface area contributed by atoms with Gasteiger partial charge in [0.05, 0.1) is 0 Å². The summed E-state index contributed by atoms with van der Waals surface area (Å²) in [6.07, 6.45) is 4.51. The summed E-state index contributed by atoms with van der Waals surface area (Å²) in [5.74, 6) is 0.0818. The third-order valence-electron chi connectivity index (χ3n) is 2.55. The smallest absolute Gasteiger partial charge is 0.188 e. The quantitative estimate of drug-likeness (QED) is 0.302. The fourth-order valence-electron chi connectivity index (χ4n) is 1.78. The van der Waals surface area contributed by atoms with Crippen LogP contribution in [0.2, 0.25) is 0 Å². The number of fused-ring (bicyclic) bond motifs is 1. The predicted octanol–water partition coefficient (Wildman–Crippen LogP) is 1.05. The first kappa shape index (κ1) is 8.99. The van der Waals surface area contributed by atoms with Gasteiger partial charge in [0.25, 0.3) is 0 Å². The van der Waals surface area contributed by atoms with Crippen molar-refractivity contribution in [3.8, 4) is 0 Å². The van der Waals surface area contributed by atoms with Crippen LogP contribution in [0, 0.1) is 0 Å². The Bertz CT molecular complexity index is 374. The normalized spacial score (nSPS) is 16.4. The van der Waals surface area contributed by atoms with Gasteiger partial charge in [0.15, 0.2) is 5.84 Å². The summed E-state index contributed by atoms with van der Waals surface area (Å²) >= 11 is 0. The molecular formula is C10H13N3O. The zero-order valence-electron chi connectivity index (χ0n) is 7.90. The van der Waals surface area contributed by atoms with Gasteiger partial charge in [-0.25, -0.2) is 4.98 Å². The van der Waals surface area contributed by atoms with Crippen LogP contribution < -0.4 is 5.73 Å². The molecule has 0 aliphatic heterocycles. The van der Waals surface area contributed by atoms with Gasteiger partial charge in [0, 0.05) is 5.69 Å². The SMILES string of the molecule is N/C(=N/O)c1ccc2c(n1)CCCC2. The average Bonchev–Trinajstić information content (AvgIpc) is 2.27. The van der Waals surface area contributed by atoms with E-state index in [1.807, 2.05) is 6.07 Å². The van der Waals surface area contributed by atoms with Crippen LogP contribution in [0.5, 0.6) is 0 Å². The summed E-state index contributed by atoms with van der Waals surface area (Å²) in [4.78, 5) is 4.37. The summed E-state index contributed by atoms with van der Waals surface area (Å²) < 4.78 is 0. The summed E-state index contributed by atoms with van der Waals surface area (Å²) in [5.41, 5.74) is 8.42. The molecule has 0 saturated carbocycles. The van der Waals surface area contributed by atoms with Crippen molar-refractivity contribution in [1.82, 2.24) is 4.98 Å². The molecule has 1 aromatic rings. The van der Waals surface area contributed by atoms with Crippen LogP contribution in [-0.4, -0.2) is 16.0 Å². The Balaban J connectivity index is 2.38. The van der Waals surface area contributed by atoms with E-state index in [2.05, 4.69) is 10.1 Å². The maximum absolute atomic E-state index is 8.52. The first-order valence-electron chi connectivity index (χ1n) is 4.78. The molecule has 14 heavy (non-hydrogen) atoms. The second-order valence-corrected chi connectivity index (χ2v) is 3.49. The highest BCUT2D eigenvalue weighted by Gasteiger charge is 2.12. The Morgan fingerprint density at radius 3 is 2.93 bits per heavy atom. The highest BCUT2D eigenvalue weighted by molar-refractivity contribution is 5.95. The van der Waals surface area contributed by atoms with E-state index < -0.39 is 0 Å². The van der Waals surface area contributed by atoms with Crippen LogP contribution in [-0.2, 0) is 12.8 Å². The van der Waals surface area contributed by atoms with E-state index in [1.54, 1.807) is 6.07 Å². The van der Waals surface area contributed by atoms with Gasteiger partial charge in [-0.1, -0.05) is 11.2 Å². The van der Waals surface area contributed by atoms with Crippen LogP contribution in [0.15, 0.2) is 17.3 Å². The van der Waals surface area contributed by atoms with Gasteiger partial charge in [0.1, 0.15) is 5.69 Å². The second kappa shape index (κ2) is 3.65. The maximum atomic E-state index is 8.52. The minimum Gasteiger partial charge on any atom is -0.409 e. The first-order chi connectivity index (χ1) is 6.81. The largest absolute Gasteiger partial charge is 0.409 e. The number of amidine groups is 1. The number of hydrogen-bond donors (Lipinski definition) is 2. The highest BCUT2D eigenvalue weighted by Crippen LogP contribution is 2.19. The Morgan fingerprint density at radius 1 is 1.36 bits per heavy atom. The maximum Gasteiger partial charge on any atom is 0.188 e. The summed E-state index contributed by atoms with van der Waals surface area (Å²) in [6.45, 7) is 0. The molecule has 3 N–H and O–H groups in total. The number of pyridine rings is 1. The van der Waals surface area contributed by atoms with Crippen molar-refractivity contribution < 1.29 is 5.21 Å². The monoisotopic (exact) mass is 191 g/mol. The molecule has 0 atom stereocenters. The molecule has 4 heteroatoms. The Morgan fingerprint density at radius 2 is 2.14 bits per heavy atom. The lowest BCUT2D eigenvalue weighted by Gasteiger charge is -2.14. The van der Waals surface area contributed by atoms with Gasteiger partial charge in [-0.2, -0.15) is 0 Å². The molecule has 0 amide bonds. The molecule has 74 valence electrons. The Hall–Kier alpha value is -1.58. The first-order valence-corrected chi connectivity index (χ1v) is 4.78. The number of hydrogen-bond acceptors (Lipinski definition) is 3. The summed E-state index contributed by atoms with van der Waals surface area (Å²) in [6, 6.07) is 3.83. The van der Waals surface area contributed by atoms with E-state index in [0.29, 0.717) is 5.69 Å². The van der Waals surface area contributed by atoms with E-state index in [9.17, 15) is 0 Å². The summed E-state index contributed by atoms with van der Waals surface area (Å²) in [5, 5.41) is 11.5.